The quantitative estimate of drug-likeness (QED) is 0.547. The van der Waals surface area contributed by atoms with Gasteiger partial charge in [-0.25, -0.2) is 0 Å². The minimum Gasteiger partial charge on any atom is -0.0618 e. The summed E-state index contributed by atoms with van der Waals surface area (Å²) in [6, 6.07) is 16.3. The first-order valence-corrected chi connectivity index (χ1v) is 9.82. The second kappa shape index (κ2) is 4.14. The van der Waals surface area contributed by atoms with E-state index in [0.29, 0.717) is 0 Å². The van der Waals surface area contributed by atoms with Crippen LogP contribution in [0.3, 0.4) is 0 Å². The summed E-state index contributed by atoms with van der Waals surface area (Å²) in [5.74, 6) is 0. The summed E-state index contributed by atoms with van der Waals surface area (Å²) in [5.41, 5.74) is 4.60. The zero-order valence-corrected chi connectivity index (χ0v) is 11.9. The normalized spacial score (nSPS) is 14.5. The Morgan fingerprint density at radius 3 is 1.53 bits per heavy atom. The van der Waals surface area contributed by atoms with Gasteiger partial charge in [0.05, 0.1) is 0 Å². The summed E-state index contributed by atoms with van der Waals surface area (Å²) >= 11 is 18.7. The van der Waals surface area contributed by atoms with Crippen molar-refractivity contribution >= 4 is 39.0 Å². The summed E-state index contributed by atoms with van der Waals surface area (Å²) in [7, 11) is 0. The molecule has 0 amide bonds. The van der Waals surface area contributed by atoms with Gasteiger partial charge in [-0.2, -0.15) is 0 Å². The summed E-state index contributed by atoms with van der Waals surface area (Å²) in [4.78, 5) is 0. The first-order chi connectivity index (χ1) is 8.09. The summed E-state index contributed by atoms with van der Waals surface area (Å²) < 4.78 is 0. The van der Waals surface area contributed by atoms with Gasteiger partial charge < -0.3 is 0 Å². The Morgan fingerprint density at radius 1 is 0.706 bits per heavy atom. The molecule has 0 spiro atoms. The highest BCUT2D eigenvalue weighted by molar-refractivity contribution is 8.32. The minimum absolute atomic E-state index is 0.0695. The molecule has 0 N–H and O–H groups in total. The standard InChI is InChI=1S/C13H9Cl3P/c14-17(15,16)13-11-7-3-1-5-9(11)10-6-2-4-8-12(10)13/h1-8,13H/q+1. The molecule has 0 atom stereocenters. The molecular formula is C13H9Cl3P+. The molecule has 0 radical (unpaired) electrons. The molecule has 86 valence electrons. The van der Waals surface area contributed by atoms with Gasteiger partial charge in [0.25, 0.3) is 0 Å². The van der Waals surface area contributed by atoms with Gasteiger partial charge in [-0.15, -0.1) is 0 Å². The number of rotatable bonds is 1. The zero-order chi connectivity index (χ0) is 12.0. The van der Waals surface area contributed by atoms with Crippen LogP contribution in [0.15, 0.2) is 48.5 Å². The molecular weight excluding hydrogens is 293 g/mol. The lowest BCUT2D eigenvalue weighted by Gasteiger charge is -2.11. The summed E-state index contributed by atoms with van der Waals surface area (Å²) in [6.07, 6.45) is 0. The van der Waals surface area contributed by atoms with Crippen molar-refractivity contribution in [3.63, 3.8) is 0 Å². The fraction of sp³-hybridized carbons (Fsp3) is 0.0769. The Bertz CT molecular complexity index is 529. The van der Waals surface area contributed by atoms with Crippen molar-refractivity contribution in [2.45, 2.75) is 5.66 Å². The van der Waals surface area contributed by atoms with E-state index in [1.165, 1.54) is 11.1 Å². The molecule has 0 nitrogen and oxygen atoms in total. The van der Waals surface area contributed by atoms with Gasteiger partial charge in [-0.05, 0) is 11.1 Å². The van der Waals surface area contributed by atoms with E-state index < -0.39 is 5.32 Å². The van der Waals surface area contributed by atoms with Gasteiger partial charge in [-0.1, -0.05) is 48.5 Å². The lowest BCUT2D eigenvalue weighted by atomic mass is 10.1. The Kier molecular flexibility index (Phi) is 2.88. The Morgan fingerprint density at radius 2 is 1.12 bits per heavy atom. The average Bonchev–Trinajstić information content (AvgIpc) is 2.63. The van der Waals surface area contributed by atoms with Crippen molar-refractivity contribution < 1.29 is 0 Å². The Hall–Kier alpha value is -0.260. The van der Waals surface area contributed by atoms with Crippen LogP contribution in [-0.4, -0.2) is 0 Å². The molecule has 2 aromatic carbocycles. The van der Waals surface area contributed by atoms with Crippen LogP contribution in [0, 0.1) is 0 Å². The maximum absolute atomic E-state index is 6.24. The minimum atomic E-state index is -2.51. The number of benzene rings is 2. The van der Waals surface area contributed by atoms with Crippen molar-refractivity contribution in [1.82, 2.24) is 0 Å². The third-order valence-electron chi connectivity index (χ3n) is 3.09. The van der Waals surface area contributed by atoms with Gasteiger partial charge in [0.15, 0.2) is 5.66 Å². The monoisotopic (exact) mass is 301 g/mol. The first kappa shape index (κ1) is 11.8. The smallest absolute Gasteiger partial charge is 0.0618 e. The zero-order valence-electron chi connectivity index (χ0n) is 8.78. The number of fused-ring (bicyclic) bond motifs is 3. The molecule has 0 saturated heterocycles. The third kappa shape index (κ3) is 1.88. The van der Waals surface area contributed by atoms with Crippen molar-refractivity contribution in [2.24, 2.45) is 0 Å². The molecule has 0 bridgehead atoms. The van der Waals surface area contributed by atoms with Gasteiger partial charge in [0.1, 0.15) is 33.7 Å². The first-order valence-electron chi connectivity index (χ1n) is 5.25. The van der Waals surface area contributed by atoms with Crippen LogP contribution in [0.25, 0.3) is 11.1 Å². The molecule has 0 heterocycles. The largest absolute Gasteiger partial charge is 0.319 e. The molecule has 1 aliphatic carbocycles. The van der Waals surface area contributed by atoms with Crippen LogP contribution in [0.4, 0.5) is 0 Å². The van der Waals surface area contributed by atoms with Crippen molar-refractivity contribution in [2.75, 3.05) is 0 Å². The molecule has 0 aromatic heterocycles. The number of hydrogen-bond acceptors (Lipinski definition) is 0. The summed E-state index contributed by atoms with van der Waals surface area (Å²) in [5, 5.41) is -2.51. The number of halogens is 3. The van der Waals surface area contributed by atoms with Crippen molar-refractivity contribution in [3.05, 3.63) is 59.7 Å². The second-order valence-electron chi connectivity index (χ2n) is 4.06. The highest BCUT2D eigenvalue weighted by Crippen LogP contribution is 2.85. The van der Waals surface area contributed by atoms with E-state index in [4.69, 9.17) is 33.7 Å². The molecule has 0 saturated carbocycles. The fourth-order valence-electron chi connectivity index (χ4n) is 2.44. The van der Waals surface area contributed by atoms with E-state index in [1.54, 1.807) is 0 Å². The maximum Gasteiger partial charge on any atom is 0.319 e. The van der Waals surface area contributed by atoms with Crippen molar-refractivity contribution in [1.29, 1.82) is 0 Å². The molecule has 17 heavy (non-hydrogen) atoms. The van der Waals surface area contributed by atoms with Gasteiger partial charge in [0, 0.05) is 11.1 Å². The topological polar surface area (TPSA) is 0 Å². The van der Waals surface area contributed by atoms with Crippen LogP contribution in [0.1, 0.15) is 16.8 Å². The molecule has 3 rings (SSSR count). The molecule has 0 aliphatic heterocycles. The highest BCUT2D eigenvalue weighted by atomic mass is 36.1. The van der Waals surface area contributed by atoms with E-state index in [2.05, 4.69) is 24.3 Å². The lowest BCUT2D eigenvalue weighted by molar-refractivity contribution is 1.21. The van der Waals surface area contributed by atoms with Crippen LogP contribution < -0.4 is 0 Å². The third-order valence-corrected chi connectivity index (χ3v) is 5.99. The molecule has 0 fully saturated rings. The molecule has 0 unspecified atom stereocenters. The Balaban J connectivity index is 2.31. The predicted molar refractivity (Wildman–Crippen MR) is 78.2 cm³/mol. The Labute approximate surface area is 115 Å². The molecule has 2 aromatic rings. The van der Waals surface area contributed by atoms with E-state index in [-0.39, 0.29) is 5.66 Å². The van der Waals surface area contributed by atoms with E-state index in [0.717, 1.165) is 11.1 Å². The molecule has 4 heteroatoms. The number of hydrogen-bond donors (Lipinski definition) is 0. The average molecular weight is 303 g/mol. The second-order valence-corrected chi connectivity index (χ2v) is 11.9. The SMILES string of the molecule is Cl[P+](Cl)(Cl)C1c2ccccc2-c2ccccc21. The van der Waals surface area contributed by atoms with Gasteiger partial charge >= 0.3 is 5.32 Å². The van der Waals surface area contributed by atoms with Crippen LogP contribution in [-0.2, 0) is 0 Å². The van der Waals surface area contributed by atoms with E-state index >= 15 is 0 Å². The van der Waals surface area contributed by atoms with Crippen LogP contribution >= 0.6 is 39.0 Å². The lowest BCUT2D eigenvalue weighted by Crippen LogP contribution is -1.92. The van der Waals surface area contributed by atoms with Gasteiger partial charge in [-0.3, -0.25) is 0 Å². The highest BCUT2D eigenvalue weighted by Gasteiger charge is 2.50. The van der Waals surface area contributed by atoms with Gasteiger partial charge in [0.2, 0.25) is 0 Å². The fourth-order valence-corrected chi connectivity index (χ4v) is 5.42. The maximum atomic E-state index is 6.24. The molecule has 1 aliphatic rings. The van der Waals surface area contributed by atoms with Crippen LogP contribution in [0.2, 0.25) is 0 Å². The van der Waals surface area contributed by atoms with E-state index in [9.17, 15) is 0 Å². The predicted octanol–water partition coefficient (Wildman–Crippen LogP) is 6.24. The van der Waals surface area contributed by atoms with E-state index in [1.807, 2.05) is 24.3 Å². The van der Waals surface area contributed by atoms with Crippen LogP contribution in [0.5, 0.6) is 0 Å². The van der Waals surface area contributed by atoms with Crippen molar-refractivity contribution in [3.8, 4) is 11.1 Å². The summed E-state index contributed by atoms with van der Waals surface area (Å²) in [6.45, 7) is 0.